The van der Waals surface area contributed by atoms with Gasteiger partial charge in [0.1, 0.15) is 5.82 Å². The molecule has 0 saturated heterocycles. The minimum Gasteiger partial charge on any atom is -0.347 e. The maximum atomic E-state index is 13.7. The van der Waals surface area contributed by atoms with Crippen LogP contribution in [0.25, 0.3) is 0 Å². The quantitative estimate of drug-likeness (QED) is 0.867. The summed E-state index contributed by atoms with van der Waals surface area (Å²) < 4.78 is 14.3. The van der Waals surface area contributed by atoms with Crippen LogP contribution in [0.15, 0.2) is 22.7 Å². The Morgan fingerprint density at radius 3 is 2.32 bits per heavy atom. The predicted molar refractivity (Wildman–Crippen MR) is 79.7 cm³/mol. The summed E-state index contributed by atoms with van der Waals surface area (Å²) in [5.74, 6) is -0.891. The smallest absolute Gasteiger partial charge is 0.254 e. The fourth-order valence-electron chi connectivity index (χ4n) is 2.42. The maximum absolute atomic E-state index is 13.7. The van der Waals surface area contributed by atoms with Gasteiger partial charge in [0.05, 0.1) is 5.56 Å². The molecule has 0 aromatic heterocycles. The van der Waals surface area contributed by atoms with Crippen LogP contribution < -0.4 is 5.32 Å². The number of carbonyl (C=O) groups is 1. The second-order valence-corrected chi connectivity index (χ2v) is 7.62. The molecule has 1 N–H and O–H groups in total. The SMILES string of the molecule is CC(C)(C)CC(C)(C)NC(=O)c1ccc(Br)cc1F. The van der Waals surface area contributed by atoms with Gasteiger partial charge in [0.2, 0.25) is 0 Å². The molecule has 0 spiro atoms. The molecule has 0 bridgehead atoms. The summed E-state index contributed by atoms with van der Waals surface area (Å²) in [7, 11) is 0. The van der Waals surface area contributed by atoms with Gasteiger partial charge in [-0.1, -0.05) is 36.7 Å². The molecule has 1 rings (SSSR count). The Balaban J connectivity index is 2.84. The first kappa shape index (κ1) is 16.2. The van der Waals surface area contributed by atoms with Gasteiger partial charge in [-0.25, -0.2) is 4.39 Å². The Morgan fingerprint density at radius 1 is 1.26 bits per heavy atom. The van der Waals surface area contributed by atoms with Gasteiger partial charge >= 0.3 is 0 Å². The summed E-state index contributed by atoms with van der Waals surface area (Å²) >= 11 is 3.17. The van der Waals surface area contributed by atoms with E-state index in [1.165, 1.54) is 12.1 Å². The van der Waals surface area contributed by atoms with E-state index < -0.39 is 5.82 Å². The van der Waals surface area contributed by atoms with Crippen LogP contribution >= 0.6 is 15.9 Å². The molecule has 0 fully saturated rings. The summed E-state index contributed by atoms with van der Waals surface area (Å²) in [5, 5.41) is 2.90. The van der Waals surface area contributed by atoms with Gasteiger partial charge in [-0.05, 0) is 43.9 Å². The second kappa shape index (κ2) is 5.61. The largest absolute Gasteiger partial charge is 0.347 e. The van der Waals surface area contributed by atoms with Crippen LogP contribution in [0.1, 0.15) is 51.4 Å². The van der Waals surface area contributed by atoms with Crippen molar-refractivity contribution in [2.45, 2.75) is 46.6 Å². The molecule has 0 atom stereocenters. The van der Waals surface area contributed by atoms with E-state index in [2.05, 4.69) is 42.0 Å². The van der Waals surface area contributed by atoms with Gasteiger partial charge in [0, 0.05) is 10.0 Å². The molecular weight excluding hydrogens is 309 g/mol. The number of hydrogen-bond acceptors (Lipinski definition) is 1. The van der Waals surface area contributed by atoms with Gasteiger partial charge in [0.25, 0.3) is 5.91 Å². The number of rotatable bonds is 3. The van der Waals surface area contributed by atoms with Crippen molar-refractivity contribution in [1.82, 2.24) is 5.32 Å². The number of nitrogens with one attached hydrogen (secondary N) is 1. The van der Waals surface area contributed by atoms with Crippen LogP contribution in [-0.2, 0) is 0 Å². The molecule has 0 heterocycles. The van der Waals surface area contributed by atoms with Crippen LogP contribution in [0.5, 0.6) is 0 Å². The highest BCUT2D eigenvalue weighted by Crippen LogP contribution is 2.27. The first-order valence-electron chi connectivity index (χ1n) is 6.28. The number of hydrogen-bond donors (Lipinski definition) is 1. The summed E-state index contributed by atoms with van der Waals surface area (Å²) in [6, 6.07) is 4.45. The summed E-state index contributed by atoms with van der Waals surface area (Å²) in [6.07, 6.45) is 0.809. The van der Waals surface area contributed by atoms with E-state index in [1.54, 1.807) is 6.07 Å². The molecule has 4 heteroatoms. The molecule has 1 aromatic rings. The van der Waals surface area contributed by atoms with E-state index in [0.717, 1.165) is 6.42 Å². The summed E-state index contributed by atoms with van der Waals surface area (Å²) in [6.45, 7) is 10.2. The fraction of sp³-hybridized carbons (Fsp3) is 0.533. The third-order valence-corrected chi connectivity index (χ3v) is 3.09. The van der Waals surface area contributed by atoms with Gasteiger partial charge < -0.3 is 5.32 Å². The van der Waals surface area contributed by atoms with Crippen molar-refractivity contribution in [1.29, 1.82) is 0 Å². The van der Waals surface area contributed by atoms with E-state index in [9.17, 15) is 9.18 Å². The van der Waals surface area contributed by atoms with Gasteiger partial charge in [-0.2, -0.15) is 0 Å². The molecule has 0 unspecified atom stereocenters. The first-order valence-corrected chi connectivity index (χ1v) is 7.07. The van der Waals surface area contributed by atoms with Crippen LogP contribution in [-0.4, -0.2) is 11.4 Å². The molecule has 0 aliphatic carbocycles. The van der Waals surface area contributed by atoms with E-state index in [1.807, 2.05) is 13.8 Å². The third kappa shape index (κ3) is 5.31. The molecule has 0 saturated carbocycles. The molecule has 106 valence electrons. The van der Waals surface area contributed by atoms with Crippen molar-refractivity contribution in [2.75, 3.05) is 0 Å². The van der Waals surface area contributed by atoms with Crippen molar-refractivity contribution in [3.05, 3.63) is 34.1 Å². The molecule has 0 aliphatic rings. The monoisotopic (exact) mass is 329 g/mol. The Morgan fingerprint density at radius 2 is 1.84 bits per heavy atom. The van der Waals surface area contributed by atoms with Crippen molar-refractivity contribution in [2.24, 2.45) is 5.41 Å². The number of benzene rings is 1. The zero-order valence-electron chi connectivity index (χ0n) is 12.1. The summed E-state index contributed by atoms with van der Waals surface area (Å²) in [5.41, 5.74) is -0.214. The van der Waals surface area contributed by atoms with Crippen molar-refractivity contribution < 1.29 is 9.18 Å². The Hall–Kier alpha value is -0.900. The average molecular weight is 330 g/mol. The second-order valence-electron chi connectivity index (χ2n) is 6.70. The minimum atomic E-state index is -0.515. The van der Waals surface area contributed by atoms with Crippen LogP contribution in [0.4, 0.5) is 4.39 Å². The fourth-order valence-corrected chi connectivity index (χ4v) is 2.75. The highest BCUT2D eigenvalue weighted by molar-refractivity contribution is 9.10. The lowest BCUT2D eigenvalue weighted by atomic mass is 9.81. The number of carbonyl (C=O) groups excluding carboxylic acids is 1. The molecule has 1 aromatic carbocycles. The lowest BCUT2D eigenvalue weighted by Gasteiger charge is -2.33. The first-order chi connectivity index (χ1) is 8.50. The highest BCUT2D eigenvalue weighted by Gasteiger charge is 2.28. The molecular formula is C15H21BrFNO. The molecule has 0 aliphatic heterocycles. The normalized spacial score (nSPS) is 12.4. The van der Waals surface area contributed by atoms with Gasteiger partial charge in [-0.3, -0.25) is 4.79 Å². The van der Waals surface area contributed by atoms with Crippen LogP contribution in [0, 0.1) is 11.2 Å². The molecule has 2 nitrogen and oxygen atoms in total. The van der Waals surface area contributed by atoms with E-state index >= 15 is 0 Å². The van der Waals surface area contributed by atoms with Crippen LogP contribution in [0.2, 0.25) is 0 Å². The summed E-state index contributed by atoms with van der Waals surface area (Å²) in [4.78, 5) is 12.1. The molecule has 0 radical (unpaired) electrons. The Bertz CT molecular complexity index is 478. The zero-order chi connectivity index (χ0) is 14.8. The predicted octanol–water partition coefficient (Wildman–Crippen LogP) is 4.53. The number of amides is 1. The maximum Gasteiger partial charge on any atom is 0.254 e. The molecule has 1 amide bonds. The Kier molecular flexibility index (Phi) is 4.77. The van der Waals surface area contributed by atoms with E-state index in [4.69, 9.17) is 0 Å². The Labute approximate surface area is 122 Å². The van der Waals surface area contributed by atoms with Crippen molar-refractivity contribution in [3.63, 3.8) is 0 Å². The minimum absolute atomic E-state index is 0.0742. The lowest BCUT2D eigenvalue weighted by molar-refractivity contribution is 0.0887. The lowest BCUT2D eigenvalue weighted by Crippen LogP contribution is -2.46. The number of halogens is 2. The van der Waals surface area contributed by atoms with E-state index in [0.29, 0.717) is 4.47 Å². The van der Waals surface area contributed by atoms with Crippen LogP contribution in [0.3, 0.4) is 0 Å². The zero-order valence-corrected chi connectivity index (χ0v) is 13.7. The van der Waals surface area contributed by atoms with Crippen molar-refractivity contribution >= 4 is 21.8 Å². The standard InChI is InChI=1S/C15H21BrFNO/c1-14(2,3)9-15(4,5)18-13(19)11-7-6-10(16)8-12(11)17/h6-8H,9H2,1-5H3,(H,18,19). The van der Waals surface area contributed by atoms with Gasteiger partial charge in [0.15, 0.2) is 0 Å². The average Bonchev–Trinajstić information content (AvgIpc) is 2.11. The highest BCUT2D eigenvalue weighted by atomic mass is 79.9. The third-order valence-electron chi connectivity index (χ3n) is 2.60. The van der Waals surface area contributed by atoms with E-state index in [-0.39, 0.29) is 22.4 Å². The molecule has 19 heavy (non-hydrogen) atoms. The van der Waals surface area contributed by atoms with Crippen molar-refractivity contribution in [3.8, 4) is 0 Å². The topological polar surface area (TPSA) is 29.1 Å². The van der Waals surface area contributed by atoms with Gasteiger partial charge in [-0.15, -0.1) is 0 Å².